The Morgan fingerprint density at radius 2 is 1.86 bits per heavy atom. The lowest BCUT2D eigenvalue weighted by molar-refractivity contribution is -0.123. The van der Waals surface area contributed by atoms with Crippen LogP contribution in [-0.2, 0) is 14.8 Å². The van der Waals surface area contributed by atoms with Gasteiger partial charge in [0.2, 0.25) is 15.9 Å². The molecule has 22 heavy (non-hydrogen) atoms. The Balaban J connectivity index is 2.02. The summed E-state index contributed by atoms with van der Waals surface area (Å²) in [6.45, 7) is 3.81. The monoisotopic (exact) mass is 326 g/mol. The number of carbonyl (C=O) groups is 1. The molecule has 0 aliphatic heterocycles. The van der Waals surface area contributed by atoms with Gasteiger partial charge in [0.05, 0.1) is 15.9 Å². The van der Waals surface area contributed by atoms with Crippen LogP contribution in [0.2, 0.25) is 0 Å². The smallest absolute Gasteiger partial charge is 0.323 e. The van der Waals surface area contributed by atoms with Gasteiger partial charge in [0.15, 0.2) is 0 Å². The van der Waals surface area contributed by atoms with Gasteiger partial charge in [-0.2, -0.15) is 0 Å². The fraction of sp³-hybridized carbons (Fsp3) is 0.385. The van der Waals surface area contributed by atoms with Crippen molar-refractivity contribution in [2.45, 2.75) is 18.7 Å². The molecule has 0 saturated heterocycles. The summed E-state index contributed by atoms with van der Waals surface area (Å²) >= 11 is 0. The molecular weight excluding hydrogens is 308 g/mol. The number of sulfonamides is 1. The predicted octanol–water partition coefficient (Wildman–Crippen LogP) is -0.0933. The molecular formula is C13H18N4O4S. The molecule has 0 spiro atoms. The van der Waals surface area contributed by atoms with Gasteiger partial charge in [0, 0.05) is 19.0 Å². The molecule has 0 saturated carbocycles. The normalized spacial score (nSPS) is 12.0. The average Bonchev–Trinajstić information content (AvgIpc) is 2.82. The van der Waals surface area contributed by atoms with Crippen LogP contribution in [0, 0.1) is 5.92 Å². The SMILES string of the molecule is CC(C)C(=O)NCCNS(=O)(=O)c1ccc2[nH]c(=O)[nH]c2c1. The first-order chi connectivity index (χ1) is 10.3. The molecule has 0 bridgehead atoms. The molecule has 1 aromatic carbocycles. The highest BCUT2D eigenvalue weighted by Gasteiger charge is 2.15. The summed E-state index contributed by atoms with van der Waals surface area (Å²) in [6, 6.07) is 4.30. The van der Waals surface area contributed by atoms with Crippen LogP contribution >= 0.6 is 0 Å². The minimum Gasteiger partial charge on any atom is -0.355 e. The molecule has 0 aliphatic carbocycles. The summed E-state index contributed by atoms with van der Waals surface area (Å²) in [5.41, 5.74) is 0.558. The minimum atomic E-state index is -3.70. The zero-order chi connectivity index (χ0) is 16.3. The quantitative estimate of drug-likeness (QED) is 0.554. The average molecular weight is 326 g/mol. The first-order valence-electron chi connectivity index (χ1n) is 6.79. The van der Waals surface area contributed by atoms with Crippen LogP contribution in [0.4, 0.5) is 0 Å². The van der Waals surface area contributed by atoms with Gasteiger partial charge in [0.1, 0.15) is 0 Å². The molecule has 1 aromatic heterocycles. The highest BCUT2D eigenvalue weighted by atomic mass is 32.2. The zero-order valence-electron chi connectivity index (χ0n) is 12.3. The van der Waals surface area contributed by atoms with Gasteiger partial charge in [-0.3, -0.25) is 4.79 Å². The van der Waals surface area contributed by atoms with E-state index in [1.165, 1.54) is 18.2 Å². The van der Waals surface area contributed by atoms with Gasteiger partial charge in [0.25, 0.3) is 0 Å². The van der Waals surface area contributed by atoms with Crippen molar-refractivity contribution < 1.29 is 13.2 Å². The van der Waals surface area contributed by atoms with Crippen molar-refractivity contribution in [3.8, 4) is 0 Å². The molecule has 2 aromatic rings. The Kier molecular flexibility index (Phi) is 4.67. The highest BCUT2D eigenvalue weighted by molar-refractivity contribution is 7.89. The fourth-order valence-electron chi connectivity index (χ4n) is 1.84. The van der Waals surface area contributed by atoms with E-state index in [1.807, 2.05) is 0 Å². The van der Waals surface area contributed by atoms with Crippen molar-refractivity contribution in [1.82, 2.24) is 20.0 Å². The van der Waals surface area contributed by atoms with Crippen LogP contribution in [0.15, 0.2) is 27.9 Å². The third-order valence-corrected chi connectivity index (χ3v) is 4.50. The van der Waals surface area contributed by atoms with Gasteiger partial charge >= 0.3 is 5.69 Å². The molecule has 1 amide bonds. The largest absolute Gasteiger partial charge is 0.355 e. The molecule has 0 atom stereocenters. The Morgan fingerprint density at radius 1 is 1.18 bits per heavy atom. The van der Waals surface area contributed by atoms with E-state index < -0.39 is 15.7 Å². The second-order valence-corrected chi connectivity index (χ2v) is 6.90. The van der Waals surface area contributed by atoms with Gasteiger partial charge in [-0.1, -0.05) is 13.8 Å². The second kappa shape index (κ2) is 6.32. The van der Waals surface area contributed by atoms with Crippen molar-refractivity contribution >= 4 is 27.0 Å². The first kappa shape index (κ1) is 16.2. The zero-order valence-corrected chi connectivity index (χ0v) is 13.1. The predicted molar refractivity (Wildman–Crippen MR) is 82.0 cm³/mol. The summed E-state index contributed by atoms with van der Waals surface area (Å²) in [6.07, 6.45) is 0. The Hall–Kier alpha value is -2.13. The van der Waals surface area contributed by atoms with Gasteiger partial charge < -0.3 is 15.3 Å². The van der Waals surface area contributed by atoms with E-state index >= 15 is 0 Å². The van der Waals surface area contributed by atoms with Gasteiger partial charge in [-0.15, -0.1) is 0 Å². The third kappa shape index (κ3) is 3.74. The molecule has 0 aliphatic rings. The Bertz CT molecular complexity index is 835. The lowest BCUT2D eigenvalue weighted by Crippen LogP contribution is -2.36. The fourth-order valence-corrected chi connectivity index (χ4v) is 2.90. The van der Waals surface area contributed by atoms with Crippen LogP contribution in [0.5, 0.6) is 0 Å². The van der Waals surface area contributed by atoms with Crippen LogP contribution < -0.4 is 15.7 Å². The Morgan fingerprint density at radius 3 is 2.55 bits per heavy atom. The van der Waals surface area contributed by atoms with E-state index in [2.05, 4.69) is 20.0 Å². The summed E-state index contributed by atoms with van der Waals surface area (Å²) in [4.78, 5) is 27.6. The van der Waals surface area contributed by atoms with Gasteiger partial charge in [-0.05, 0) is 18.2 Å². The van der Waals surface area contributed by atoms with E-state index in [9.17, 15) is 18.0 Å². The summed E-state index contributed by atoms with van der Waals surface area (Å²) in [5.74, 6) is -0.282. The van der Waals surface area contributed by atoms with Crippen molar-refractivity contribution in [3.05, 3.63) is 28.7 Å². The van der Waals surface area contributed by atoms with Crippen LogP contribution in [0.1, 0.15) is 13.8 Å². The van der Waals surface area contributed by atoms with Gasteiger partial charge in [-0.25, -0.2) is 17.9 Å². The van der Waals surface area contributed by atoms with E-state index in [0.717, 1.165) is 0 Å². The van der Waals surface area contributed by atoms with Crippen molar-refractivity contribution in [2.75, 3.05) is 13.1 Å². The molecule has 1 heterocycles. The van der Waals surface area contributed by atoms with E-state index in [0.29, 0.717) is 11.0 Å². The third-order valence-electron chi connectivity index (χ3n) is 3.04. The van der Waals surface area contributed by atoms with Crippen LogP contribution in [0.25, 0.3) is 11.0 Å². The molecule has 2 rings (SSSR count). The Labute approximate surface area is 127 Å². The number of aromatic amines is 2. The van der Waals surface area contributed by atoms with Crippen LogP contribution in [0.3, 0.4) is 0 Å². The van der Waals surface area contributed by atoms with E-state index in [1.54, 1.807) is 13.8 Å². The number of hydrogen-bond acceptors (Lipinski definition) is 4. The summed E-state index contributed by atoms with van der Waals surface area (Å²) in [5, 5.41) is 2.62. The number of benzene rings is 1. The molecule has 120 valence electrons. The topological polar surface area (TPSA) is 124 Å². The standard InChI is InChI=1S/C13H18N4O4S/c1-8(2)12(18)14-5-6-15-22(20,21)9-3-4-10-11(7-9)17-13(19)16-10/h3-4,7-8,15H,5-6H2,1-2H3,(H,14,18)(H2,16,17,19). The maximum Gasteiger partial charge on any atom is 0.323 e. The number of H-pyrrole nitrogens is 2. The second-order valence-electron chi connectivity index (χ2n) is 5.13. The van der Waals surface area contributed by atoms with Crippen molar-refractivity contribution in [1.29, 1.82) is 0 Å². The molecule has 4 N–H and O–H groups in total. The van der Waals surface area contributed by atoms with E-state index in [-0.39, 0.29) is 29.8 Å². The number of amides is 1. The first-order valence-corrected chi connectivity index (χ1v) is 8.27. The molecule has 8 nitrogen and oxygen atoms in total. The number of carbonyl (C=O) groups excluding carboxylic acids is 1. The maximum atomic E-state index is 12.1. The number of aromatic nitrogens is 2. The maximum absolute atomic E-state index is 12.1. The molecule has 0 fully saturated rings. The number of hydrogen-bond donors (Lipinski definition) is 4. The molecule has 9 heteroatoms. The lowest BCUT2D eigenvalue weighted by Gasteiger charge is -2.09. The van der Waals surface area contributed by atoms with Crippen molar-refractivity contribution in [3.63, 3.8) is 0 Å². The van der Waals surface area contributed by atoms with Crippen LogP contribution in [-0.4, -0.2) is 37.4 Å². The van der Waals surface area contributed by atoms with E-state index in [4.69, 9.17) is 0 Å². The number of fused-ring (bicyclic) bond motifs is 1. The minimum absolute atomic E-state index is 0.0467. The number of imidazole rings is 1. The lowest BCUT2D eigenvalue weighted by atomic mass is 10.2. The number of nitrogens with one attached hydrogen (secondary N) is 4. The highest BCUT2D eigenvalue weighted by Crippen LogP contribution is 2.14. The summed E-state index contributed by atoms with van der Waals surface area (Å²) in [7, 11) is -3.70. The van der Waals surface area contributed by atoms with Crippen molar-refractivity contribution in [2.24, 2.45) is 5.92 Å². The molecule has 0 unspecified atom stereocenters. The molecule has 0 radical (unpaired) electrons. The summed E-state index contributed by atoms with van der Waals surface area (Å²) < 4.78 is 26.7. The number of rotatable bonds is 6.